The molecule has 86 valence electrons. The number of para-hydroxylation sites is 1. The van der Waals surface area contributed by atoms with Crippen LogP contribution < -0.4 is 5.06 Å². The summed E-state index contributed by atoms with van der Waals surface area (Å²) in [4.78, 5) is 26.6. The molecule has 0 aliphatic heterocycles. The zero-order chi connectivity index (χ0) is 12.1. The number of anilines is 1. The standard InChI is InChI=1S/C11H13NO4/c1-8(11(14)15)12(16-9(2)13)10-6-4-3-5-7-10/h3-8H,1-2H3,(H,14,15)/t8-/m0/s1. The molecule has 0 saturated heterocycles. The second-order valence-electron chi connectivity index (χ2n) is 3.26. The number of carbonyl (C=O) groups is 2. The molecule has 0 fully saturated rings. The molecule has 0 heterocycles. The van der Waals surface area contributed by atoms with Gasteiger partial charge in [0.1, 0.15) is 0 Å². The van der Waals surface area contributed by atoms with Crippen molar-refractivity contribution in [2.45, 2.75) is 19.9 Å². The van der Waals surface area contributed by atoms with Gasteiger partial charge in [-0.1, -0.05) is 18.2 Å². The van der Waals surface area contributed by atoms with Gasteiger partial charge in [0.05, 0.1) is 5.69 Å². The molecule has 0 spiro atoms. The van der Waals surface area contributed by atoms with Crippen molar-refractivity contribution in [1.82, 2.24) is 0 Å². The van der Waals surface area contributed by atoms with Gasteiger partial charge in [-0.05, 0) is 19.1 Å². The molecule has 0 unspecified atom stereocenters. The van der Waals surface area contributed by atoms with E-state index in [0.29, 0.717) is 5.69 Å². The van der Waals surface area contributed by atoms with Crippen LogP contribution in [0.2, 0.25) is 0 Å². The molecule has 0 amide bonds. The summed E-state index contributed by atoms with van der Waals surface area (Å²) in [7, 11) is 0. The third-order valence-corrected chi connectivity index (χ3v) is 1.95. The number of aliphatic carboxylic acids is 1. The van der Waals surface area contributed by atoms with Gasteiger partial charge in [0, 0.05) is 6.92 Å². The van der Waals surface area contributed by atoms with Crippen LogP contribution in [0.3, 0.4) is 0 Å². The highest BCUT2D eigenvalue weighted by molar-refractivity contribution is 5.78. The first-order chi connectivity index (χ1) is 7.52. The highest BCUT2D eigenvalue weighted by Gasteiger charge is 2.23. The first-order valence-electron chi connectivity index (χ1n) is 4.78. The highest BCUT2D eigenvalue weighted by atomic mass is 16.7. The lowest BCUT2D eigenvalue weighted by Crippen LogP contribution is -2.40. The lowest BCUT2D eigenvalue weighted by atomic mass is 10.2. The number of hydrogen-bond acceptors (Lipinski definition) is 4. The Hall–Kier alpha value is -2.04. The Labute approximate surface area is 93.2 Å². The van der Waals surface area contributed by atoms with Crippen molar-refractivity contribution in [3.05, 3.63) is 30.3 Å². The maximum absolute atomic E-state index is 10.9. The third kappa shape index (κ3) is 2.98. The molecule has 0 aromatic heterocycles. The molecule has 5 heteroatoms. The molecule has 0 radical (unpaired) electrons. The van der Waals surface area contributed by atoms with Crippen molar-refractivity contribution < 1.29 is 19.5 Å². The number of benzene rings is 1. The predicted molar refractivity (Wildman–Crippen MR) is 57.8 cm³/mol. The molecule has 1 aromatic rings. The van der Waals surface area contributed by atoms with Crippen LogP contribution in [0.15, 0.2) is 30.3 Å². The number of carbonyl (C=O) groups excluding carboxylic acids is 1. The van der Waals surface area contributed by atoms with Crippen molar-refractivity contribution in [1.29, 1.82) is 0 Å². The molecular formula is C11H13NO4. The van der Waals surface area contributed by atoms with Gasteiger partial charge >= 0.3 is 11.9 Å². The molecule has 1 atom stereocenters. The van der Waals surface area contributed by atoms with Crippen molar-refractivity contribution >= 4 is 17.6 Å². The second kappa shape index (κ2) is 5.16. The monoisotopic (exact) mass is 223 g/mol. The molecular weight excluding hydrogens is 210 g/mol. The Kier molecular flexibility index (Phi) is 3.88. The smallest absolute Gasteiger partial charge is 0.329 e. The number of rotatable bonds is 4. The molecule has 5 nitrogen and oxygen atoms in total. The van der Waals surface area contributed by atoms with Gasteiger partial charge in [-0.2, -0.15) is 5.06 Å². The molecule has 1 aromatic carbocycles. The summed E-state index contributed by atoms with van der Waals surface area (Å²) in [6.45, 7) is 2.67. The van der Waals surface area contributed by atoms with E-state index in [1.165, 1.54) is 13.8 Å². The summed E-state index contributed by atoms with van der Waals surface area (Å²) < 4.78 is 0. The van der Waals surface area contributed by atoms with Crippen LogP contribution in [-0.4, -0.2) is 23.1 Å². The summed E-state index contributed by atoms with van der Waals surface area (Å²) in [5.74, 6) is -1.62. The van der Waals surface area contributed by atoms with Crippen LogP contribution in [0.5, 0.6) is 0 Å². The van der Waals surface area contributed by atoms with E-state index < -0.39 is 18.0 Å². The van der Waals surface area contributed by atoms with Crippen molar-refractivity contribution in [2.24, 2.45) is 0 Å². The summed E-state index contributed by atoms with van der Waals surface area (Å²) in [5, 5.41) is 9.97. The highest BCUT2D eigenvalue weighted by Crippen LogP contribution is 2.17. The minimum Gasteiger partial charge on any atom is -0.480 e. The molecule has 0 aliphatic rings. The van der Waals surface area contributed by atoms with Gasteiger partial charge < -0.3 is 9.94 Å². The van der Waals surface area contributed by atoms with Crippen molar-refractivity contribution in [3.63, 3.8) is 0 Å². The maximum atomic E-state index is 10.9. The molecule has 0 bridgehead atoms. The Morgan fingerprint density at radius 3 is 2.31 bits per heavy atom. The Bertz CT molecular complexity index is 377. The summed E-state index contributed by atoms with van der Waals surface area (Å²) in [6.07, 6.45) is 0. The molecule has 1 rings (SSSR count). The zero-order valence-corrected chi connectivity index (χ0v) is 9.08. The quantitative estimate of drug-likeness (QED) is 0.782. The van der Waals surface area contributed by atoms with Crippen molar-refractivity contribution in [3.8, 4) is 0 Å². The van der Waals surface area contributed by atoms with E-state index >= 15 is 0 Å². The van der Waals surface area contributed by atoms with Crippen LogP contribution in [-0.2, 0) is 14.4 Å². The van der Waals surface area contributed by atoms with E-state index in [2.05, 4.69) is 0 Å². The van der Waals surface area contributed by atoms with Gasteiger partial charge in [0.2, 0.25) is 0 Å². The normalized spacial score (nSPS) is 11.6. The molecule has 0 aliphatic carbocycles. The number of hydrogen-bond donors (Lipinski definition) is 1. The third-order valence-electron chi connectivity index (χ3n) is 1.95. The van der Waals surface area contributed by atoms with Crippen LogP contribution in [0, 0.1) is 0 Å². The fraction of sp³-hybridized carbons (Fsp3) is 0.273. The first-order valence-corrected chi connectivity index (χ1v) is 4.78. The van der Waals surface area contributed by atoms with Crippen molar-refractivity contribution in [2.75, 3.05) is 5.06 Å². The van der Waals surface area contributed by atoms with Gasteiger partial charge in [0.25, 0.3) is 0 Å². The lowest BCUT2D eigenvalue weighted by molar-refractivity contribution is -0.148. The minimum absolute atomic E-state index is 0.521. The molecule has 1 N–H and O–H groups in total. The SMILES string of the molecule is CC(=O)ON(c1ccccc1)[C@@H](C)C(=O)O. The van der Waals surface area contributed by atoms with Gasteiger partial charge in [-0.25, -0.2) is 4.79 Å². The second-order valence-corrected chi connectivity index (χ2v) is 3.26. The largest absolute Gasteiger partial charge is 0.480 e. The van der Waals surface area contributed by atoms with Gasteiger partial charge in [-0.15, -0.1) is 0 Å². The summed E-state index contributed by atoms with van der Waals surface area (Å²) in [5.41, 5.74) is 0.521. The van der Waals surface area contributed by atoms with E-state index in [-0.39, 0.29) is 0 Å². The van der Waals surface area contributed by atoms with Crippen LogP contribution in [0.1, 0.15) is 13.8 Å². The lowest BCUT2D eigenvalue weighted by Gasteiger charge is -2.25. The maximum Gasteiger partial charge on any atom is 0.329 e. The van der Waals surface area contributed by atoms with E-state index in [4.69, 9.17) is 9.94 Å². The molecule has 0 saturated carbocycles. The fourth-order valence-corrected chi connectivity index (χ4v) is 1.17. The fourth-order valence-electron chi connectivity index (χ4n) is 1.17. The molecule has 16 heavy (non-hydrogen) atoms. The van der Waals surface area contributed by atoms with Crippen LogP contribution >= 0.6 is 0 Å². The average Bonchev–Trinajstić information content (AvgIpc) is 2.26. The summed E-state index contributed by atoms with van der Waals surface area (Å²) in [6, 6.07) is 7.67. The summed E-state index contributed by atoms with van der Waals surface area (Å²) >= 11 is 0. The number of carboxylic acids is 1. The average molecular weight is 223 g/mol. The van der Waals surface area contributed by atoms with Crippen LogP contribution in [0.25, 0.3) is 0 Å². The van der Waals surface area contributed by atoms with E-state index in [0.717, 1.165) is 5.06 Å². The Morgan fingerprint density at radius 2 is 1.88 bits per heavy atom. The van der Waals surface area contributed by atoms with Gasteiger partial charge in [-0.3, -0.25) is 4.79 Å². The number of carboxylic acid groups (broad SMARTS) is 1. The van der Waals surface area contributed by atoms with E-state index in [9.17, 15) is 9.59 Å². The minimum atomic E-state index is -1.06. The first kappa shape index (κ1) is 12.0. The predicted octanol–water partition coefficient (Wildman–Crippen LogP) is 1.44. The Morgan fingerprint density at radius 1 is 1.31 bits per heavy atom. The zero-order valence-electron chi connectivity index (χ0n) is 9.08. The Balaban J connectivity index is 2.96. The van der Waals surface area contributed by atoms with E-state index in [1.807, 2.05) is 0 Å². The van der Waals surface area contributed by atoms with E-state index in [1.54, 1.807) is 30.3 Å². The number of nitrogens with zero attached hydrogens (tertiary/aromatic N) is 1. The number of hydroxylamine groups is 1. The van der Waals surface area contributed by atoms with Gasteiger partial charge in [0.15, 0.2) is 6.04 Å². The topological polar surface area (TPSA) is 66.8 Å². The van der Waals surface area contributed by atoms with Crippen LogP contribution in [0.4, 0.5) is 5.69 Å².